The van der Waals surface area contributed by atoms with Crippen molar-refractivity contribution >= 4 is 27.7 Å². The van der Waals surface area contributed by atoms with Crippen LogP contribution in [0.25, 0.3) is 0 Å². The van der Waals surface area contributed by atoms with Crippen LogP contribution >= 0.6 is 0 Å². The van der Waals surface area contributed by atoms with Gasteiger partial charge in [0.05, 0.1) is 10.5 Å². The van der Waals surface area contributed by atoms with Crippen LogP contribution in [0, 0.1) is 6.92 Å². The van der Waals surface area contributed by atoms with E-state index in [-0.39, 0.29) is 16.3 Å². The summed E-state index contributed by atoms with van der Waals surface area (Å²) in [7, 11) is -0.907. The Hall–Kier alpha value is -2.72. The fraction of sp³-hybridized carbons (Fsp3) is 0.267. The van der Waals surface area contributed by atoms with Crippen LogP contribution in [-0.4, -0.2) is 50.5 Å². The van der Waals surface area contributed by atoms with Crippen molar-refractivity contribution in [3.8, 4) is 0 Å². The minimum absolute atomic E-state index is 0.0397. The Kier molecular flexibility index (Phi) is 5.55. The number of ether oxygens (including phenoxy) is 1. The van der Waals surface area contributed by atoms with Crippen LogP contribution in [-0.2, 0) is 19.6 Å². The minimum Gasteiger partial charge on any atom is -0.452 e. The molecule has 0 saturated heterocycles. The number of esters is 1. The SMILES string of the molecule is Cc1ccc(S(=O)(=O)N(C)C)cc1C(=O)OCC(=O)Nc1ccon1. The molecule has 134 valence electrons. The third-order valence-corrected chi connectivity index (χ3v) is 5.06. The van der Waals surface area contributed by atoms with Crippen molar-refractivity contribution in [3.63, 3.8) is 0 Å². The Morgan fingerprint density at radius 1 is 1.28 bits per heavy atom. The van der Waals surface area contributed by atoms with Crippen LogP contribution in [0.1, 0.15) is 15.9 Å². The maximum Gasteiger partial charge on any atom is 0.338 e. The van der Waals surface area contributed by atoms with Gasteiger partial charge in [-0.15, -0.1) is 0 Å². The summed E-state index contributed by atoms with van der Waals surface area (Å²) in [6, 6.07) is 5.56. The largest absolute Gasteiger partial charge is 0.452 e. The van der Waals surface area contributed by atoms with E-state index in [1.165, 1.54) is 44.6 Å². The topological polar surface area (TPSA) is 119 Å². The standard InChI is InChI=1S/C15H17N3O6S/c1-10-4-5-11(25(21,22)18(2)3)8-12(10)15(20)23-9-14(19)16-13-6-7-24-17-13/h4-8H,9H2,1-3H3,(H,16,17,19). The third kappa shape index (κ3) is 4.43. The van der Waals surface area contributed by atoms with E-state index in [9.17, 15) is 18.0 Å². The van der Waals surface area contributed by atoms with Gasteiger partial charge in [-0.1, -0.05) is 11.2 Å². The molecule has 1 amide bonds. The molecule has 0 aliphatic rings. The van der Waals surface area contributed by atoms with E-state index in [2.05, 4.69) is 15.0 Å². The van der Waals surface area contributed by atoms with Crippen molar-refractivity contribution in [1.29, 1.82) is 0 Å². The average Bonchev–Trinajstić information content (AvgIpc) is 3.05. The van der Waals surface area contributed by atoms with Gasteiger partial charge in [0.1, 0.15) is 6.26 Å². The molecule has 0 fully saturated rings. The van der Waals surface area contributed by atoms with Crippen LogP contribution in [0.15, 0.2) is 39.9 Å². The lowest BCUT2D eigenvalue weighted by atomic mass is 10.1. The predicted octanol–water partition coefficient (Wildman–Crippen LogP) is 1.03. The molecule has 1 N–H and O–H groups in total. The third-order valence-electron chi connectivity index (χ3n) is 3.25. The molecule has 1 heterocycles. The number of rotatable bonds is 6. The quantitative estimate of drug-likeness (QED) is 0.757. The Labute approximate surface area is 144 Å². The summed E-state index contributed by atoms with van der Waals surface area (Å²) in [6.07, 6.45) is 1.28. The highest BCUT2D eigenvalue weighted by Crippen LogP contribution is 2.19. The van der Waals surface area contributed by atoms with E-state index in [0.717, 1.165) is 4.31 Å². The molecule has 0 bridgehead atoms. The van der Waals surface area contributed by atoms with Gasteiger partial charge in [0.25, 0.3) is 5.91 Å². The highest BCUT2D eigenvalue weighted by Gasteiger charge is 2.21. The molecule has 1 aromatic carbocycles. The van der Waals surface area contributed by atoms with Crippen molar-refractivity contribution in [2.75, 3.05) is 26.0 Å². The van der Waals surface area contributed by atoms with Crippen molar-refractivity contribution in [2.24, 2.45) is 0 Å². The number of hydrogen-bond acceptors (Lipinski definition) is 7. The fourth-order valence-corrected chi connectivity index (χ4v) is 2.79. The molecule has 9 nitrogen and oxygen atoms in total. The molecule has 25 heavy (non-hydrogen) atoms. The number of anilines is 1. The molecule has 2 aromatic rings. The maximum absolute atomic E-state index is 12.2. The lowest BCUT2D eigenvalue weighted by Gasteiger charge is -2.13. The first-order valence-electron chi connectivity index (χ1n) is 7.12. The van der Waals surface area contributed by atoms with Crippen LogP contribution in [0.5, 0.6) is 0 Å². The first-order valence-corrected chi connectivity index (χ1v) is 8.56. The van der Waals surface area contributed by atoms with Gasteiger partial charge in [0, 0.05) is 20.2 Å². The minimum atomic E-state index is -3.69. The first-order chi connectivity index (χ1) is 11.7. The van der Waals surface area contributed by atoms with Gasteiger partial charge >= 0.3 is 5.97 Å². The van der Waals surface area contributed by atoms with Gasteiger partial charge in [-0.25, -0.2) is 17.5 Å². The molecule has 0 radical (unpaired) electrons. The first kappa shape index (κ1) is 18.6. The van der Waals surface area contributed by atoms with Gasteiger partial charge in [0.15, 0.2) is 12.4 Å². The Bertz CT molecular complexity index is 875. The van der Waals surface area contributed by atoms with Crippen molar-refractivity contribution < 1.29 is 27.3 Å². The van der Waals surface area contributed by atoms with E-state index in [1.807, 2.05) is 0 Å². The van der Waals surface area contributed by atoms with E-state index >= 15 is 0 Å². The Balaban J connectivity index is 2.09. The molecule has 0 aliphatic heterocycles. The molecule has 0 saturated carbocycles. The number of carbonyl (C=O) groups excluding carboxylic acids is 2. The monoisotopic (exact) mass is 367 g/mol. The van der Waals surface area contributed by atoms with Gasteiger partial charge in [0.2, 0.25) is 10.0 Å². The van der Waals surface area contributed by atoms with E-state index in [1.54, 1.807) is 6.92 Å². The molecule has 1 aromatic heterocycles. The van der Waals surface area contributed by atoms with Crippen LogP contribution in [0.3, 0.4) is 0 Å². The summed E-state index contributed by atoms with van der Waals surface area (Å²) < 4.78 is 34.8. The van der Waals surface area contributed by atoms with Gasteiger partial charge in [-0.2, -0.15) is 0 Å². The molecule has 10 heteroatoms. The number of benzene rings is 1. The highest BCUT2D eigenvalue weighted by molar-refractivity contribution is 7.89. The number of aromatic nitrogens is 1. The lowest BCUT2D eigenvalue weighted by Crippen LogP contribution is -2.23. The number of carbonyl (C=O) groups is 2. The summed E-state index contributed by atoms with van der Waals surface area (Å²) in [6.45, 7) is 1.09. The number of nitrogens with zero attached hydrogens (tertiary/aromatic N) is 2. The number of hydrogen-bond donors (Lipinski definition) is 1. The van der Waals surface area contributed by atoms with Crippen molar-refractivity contribution in [2.45, 2.75) is 11.8 Å². The molecular weight excluding hydrogens is 350 g/mol. The molecule has 0 atom stereocenters. The smallest absolute Gasteiger partial charge is 0.338 e. The predicted molar refractivity (Wildman–Crippen MR) is 87.5 cm³/mol. The van der Waals surface area contributed by atoms with Crippen molar-refractivity contribution in [3.05, 3.63) is 41.7 Å². The Morgan fingerprint density at radius 2 is 2.00 bits per heavy atom. The second-order valence-corrected chi connectivity index (χ2v) is 7.42. The number of amides is 1. The zero-order chi connectivity index (χ0) is 18.6. The Morgan fingerprint density at radius 3 is 2.60 bits per heavy atom. The van der Waals surface area contributed by atoms with E-state index < -0.39 is 28.5 Å². The van der Waals surface area contributed by atoms with E-state index in [4.69, 9.17) is 4.74 Å². The average molecular weight is 367 g/mol. The van der Waals surface area contributed by atoms with Crippen LogP contribution < -0.4 is 5.32 Å². The van der Waals surface area contributed by atoms with Gasteiger partial charge < -0.3 is 14.6 Å². The van der Waals surface area contributed by atoms with Crippen LogP contribution in [0.2, 0.25) is 0 Å². The zero-order valence-corrected chi connectivity index (χ0v) is 14.7. The number of aryl methyl sites for hydroxylation is 1. The second kappa shape index (κ2) is 7.45. The zero-order valence-electron chi connectivity index (χ0n) is 13.8. The number of sulfonamides is 1. The summed E-state index contributed by atoms with van der Waals surface area (Å²) in [5.74, 6) is -1.21. The molecule has 0 spiro atoms. The van der Waals surface area contributed by atoms with Crippen LogP contribution in [0.4, 0.5) is 5.82 Å². The molecule has 2 rings (SSSR count). The maximum atomic E-state index is 12.2. The summed E-state index contributed by atoms with van der Waals surface area (Å²) in [4.78, 5) is 23.8. The number of nitrogens with one attached hydrogen (secondary N) is 1. The second-order valence-electron chi connectivity index (χ2n) is 5.27. The molecule has 0 unspecified atom stereocenters. The highest BCUT2D eigenvalue weighted by atomic mass is 32.2. The fourth-order valence-electron chi connectivity index (χ4n) is 1.86. The summed E-state index contributed by atoms with van der Waals surface area (Å²) in [5.41, 5.74) is 0.594. The normalized spacial score (nSPS) is 11.4. The van der Waals surface area contributed by atoms with Crippen molar-refractivity contribution in [1.82, 2.24) is 9.46 Å². The summed E-state index contributed by atoms with van der Waals surface area (Å²) in [5, 5.41) is 5.86. The van der Waals surface area contributed by atoms with Gasteiger partial charge in [-0.3, -0.25) is 4.79 Å². The molecule has 0 aliphatic carbocycles. The molecular formula is C15H17N3O6S. The van der Waals surface area contributed by atoms with Gasteiger partial charge in [-0.05, 0) is 24.6 Å². The van der Waals surface area contributed by atoms with E-state index in [0.29, 0.717) is 5.56 Å². The lowest BCUT2D eigenvalue weighted by molar-refractivity contribution is -0.119. The summed E-state index contributed by atoms with van der Waals surface area (Å²) >= 11 is 0.